The molecule has 2 aromatic rings. The highest BCUT2D eigenvalue weighted by molar-refractivity contribution is 5.95. The lowest BCUT2D eigenvalue weighted by Crippen LogP contribution is -2.46. The van der Waals surface area contributed by atoms with E-state index in [0.717, 1.165) is 5.69 Å². The summed E-state index contributed by atoms with van der Waals surface area (Å²) in [6, 6.07) is 12.4. The molecule has 0 spiro atoms. The minimum Gasteiger partial charge on any atom is -0.450 e. The van der Waals surface area contributed by atoms with Crippen molar-refractivity contribution in [2.45, 2.75) is 25.8 Å². The van der Waals surface area contributed by atoms with E-state index in [4.69, 9.17) is 10.00 Å². The zero-order valence-corrected chi connectivity index (χ0v) is 16.2. The Bertz CT molecular complexity index is 899. The zero-order valence-electron chi connectivity index (χ0n) is 16.2. The molecule has 1 aliphatic rings. The van der Waals surface area contributed by atoms with Gasteiger partial charge in [0.05, 0.1) is 18.2 Å². The van der Waals surface area contributed by atoms with Crippen LogP contribution in [0.5, 0.6) is 0 Å². The Morgan fingerprint density at radius 3 is 2.62 bits per heavy atom. The molecular weight excluding hydrogens is 370 g/mol. The van der Waals surface area contributed by atoms with Gasteiger partial charge in [0, 0.05) is 36.6 Å². The summed E-state index contributed by atoms with van der Waals surface area (Å²) >= 11 is 0. The predicted molar refractivity (Wildman–Crippen MR) is 108 cm³/mol. The molecule has 1 aliphatic heterocycles. The van der Waals surface area contributed by atoms with Crippen molar-refractivity contribution in [3.63, 3.8) is 0 Å². The molecule has 1 aromatic heterocycles. The van der Waals surface area contributed by atoms with Crippen LogP contribution in [0.1, 0.15) is 35.7 Å². The Balaban J connectivity index is 1.55. The molecule has 0 saturated carbocycles. The second-order valence-electron chi connectivity index (χ2n) is 6.68. The molecule has 8 heteroatoms. The molecular formula is C21H23N5O3. The van der Waals surface area contributed by atoms with Gasteiger partial charge in [-0.1, -0.05) is 0 Å². The SMILES string of the molecule is CCOC(=O)N1CCC(NC(=O)c2ccnc(Nc3ccc(C#N)cc3)c2)CC1. The molecule has 1 fully saturated rings. The number of rotatable bonds is 5. The zero-order chi connectivity index (χ0) is 20.6. The van der Waals surface area contributed by atoms with E-state index in [-0.39, 0.29) is 18.0 Å². The van der Waals surface area contributed by atoms with Gasteiger partial charge in [0.1, 0.15) is 5.82 Å². The van der Waals surface area contributed by atoms with Gasteiger partial charge in [0.15, 0.2) is 0 Å². The van der Waals surface area contributed by atoms with Gasteiger partial charge >= 0.3 is 6.09 Å². The lowest BCUT2D eigenvalue weighted by atomic mass is 10.0. The van der Waals surface area contributed by atoms with Crippen LogP contribution in [0.4, 0.5) is 16.3 Å². The van der Waals surface area contributed by atoms with Crippen molar-refractivity contribution in [3.8, 4) is 6.07 Å². The van der Waals surface area contributed by atoms with Crippen LogP contribution >= 0.6 is 0 Å². The molecule has 8 nitrogen and oxygen atoms in total. The van der Waals surface area contributed by atoms with Crippen molar-refractivity contribution in [3.05, 3.63) is 53.7 Å². The minimum absolute atomic E-state index is 0.0104. The highest BCUT2D eigenvalue weighted by atomic mass is 16.6. The molecule has 0 bridgehead atoms. The molecule has 1 saturated heterocycles. The topological polar surface area (TPSA) is 107 Å². The van der Waals surface area contributed by atoms with E-state index in [1.54, 1.807) is 54.4 Å². The predicted octanol–water partition coefficient (Wildman–Crippen LogP) is 3.05. The number of carbonyl (C=O) groups excluding carboxylic acids is 2. The first-order valence-corrected chi connectivity index (χ1v) is 9.55. The first-order valence-electron chi connectivity index (χ1n) is 9.55. The van der Waals surface area contributed by atoms with E-state index in [1.165, 1.54) is 0 Å². The number of carbonyl (C=O) groups is 2. The Labute approximate surface area is 169 Å². The van der Waals surface area contributed by atoms with Crippen LogP contribution in [0.2, 0.25) is 0 Å². The van der Waals surface area contributed by atoms with Gasteiger partial charge < -0.3 is 20.3 Å². The molecule has 150 valence electrons. The smallest absolute Gasteiger partial charge is 0.409 e. The van der Waals surface area contributed by atoms with Gasteiger partial charge in [0.25, 0.3) is 5.91 Å². The number of aromatic nitrogens is 1. The number of nitrogens with zero attached hydrogens (tertiary/aromatic N) is 3. The normalized spacial score (nSPS) is 14.0. The van der Waals surface area contributed by atoms with Crippen molar-refractivity contribution >= 4 is 23.5 Å². The first kappa shape index (κ1) is 20.1. The fraction of sp³-hybridized carbons (Fsp3) is 0.333. The number of likely N-dealkylation sites (tertiary alicyclic amines) is 1. The molecule has 29 heavy (non-hydrogen) atoms. The molecule has 3 rings (SSSR count). The average molecular weight is 393 g/mol. The number of pyridine rings is 1. The quantitative estimate of drug-likeness (QED) is 0.808. The van der Waals surface area contributed by atoms with Crippen LogP contribution in [-0.2, 0) is 4.74 Å². The van der Waals surface area contributed by atoms with E-state index in [9.17, 15) is 9.59 Å². The summed E-state index contributed by atoms with van der Waals surface area (Å²) in [6.07, 6.45) is 2.65. The third-order valence-electron chi connectivity index (χ3n) is 4.66. The summed E-state index contributed by atoms with van der Waals surface area (Å²) in [4.78, 5) is 30.3. The van der Waals surface area contributed by atoms with Crippen LogP contribution in [0.25, 0.3) is 0 Å². The number of piperidine rings is 1. The fourth-order valence-corrected chi connectivity index (χ4v) is 3.11. The van der Waals surface area contributed by atoms with E-state index in [2.05, 4.69) is 21.7 Å². The molecule has 2 heterocycles. The minimum atomic E-state index is -0.301. The van der Waals surface area contributed by atoms with Gasteiger partial charge in [-0.25, -0.2) is 9.78 Å². The second-order valence-corrected chi connectivity index (χ2v) is 6.68. The largest absolute Gasteiger partial charge is 0.450 e. The highest BCUT2D eigenvalue weighted by Gasteiger charge is 2.24. The molecule has 2 amide bonds. The van der Waals surface area contributed by atoms with Gasteiger partial charge in [-0.3, -0.25) is 4.79 Å². The maximum Gasteiger partial charge on any atom is 0.409 e. The van der Waals surface area contributed by atoms with Crippen molar-refractivity contribution in [2.24, 2.45) is 0 Å². The van der Waals surface area contributed by atoms with Crippen LogP contribution in [-0.4, -0.2) is 47.6 Å². The number of ether oxygens (including phenoxy) is 1. The number of nitriles is 1. The van der Waals surface area contributed by atoms with Crippen LogP contribution in [0.15, 0.2) is 42.6 Å². The Morgan fingerprint density at radius 2 is 1.97 bits per heavy atom. The Hall–Kier alpha value is -3.60. The highest BCUT2D eigenvalue weighted by Crippen LogP contribution is 2.17. The van der Waals surface area contributed by atoms with Crippen molar-refractivity contribution in [1.29, 1.82) is 5.26 Å². The Morgan fingerprint density at radius 1 is 1.24 bits per heavy atom. The van der Waals surface area contributed by atoms with Crippen LogP contribution in [0.3, 0.4) is 0 Å². The molecule has 0 aliphatic carbocycles. The summed E-state index contributed by atoms with van der Waals surface area (Å²) in [6.45, 7) is 3.26. The number of anilines is 2. The maximum atomic E-state index is 12.6. The number of amides is 2. The fourth-order valence-electron chi connectivity index (χ4n) is 3.11. The van der Waals surface area contributed by atoms with Crippen molar-refractivity contribution in [2.75, 3.05) is 25.0 Å². The third kappa shape index (κ3) is 5.45. The second kappa shape index (κ2) is 9.55. The van der Waals surface area contributed by atoms with E-state index in [0.29, 0.717) is 49.5 Å². The summed E-state index contributed by atoms with van der Waals surface area (Å²) in [5.41, 5.74) is 1.86. The summed E-state index contributed by atoms with van der Waals surface area (Å²) < 4.78 is 5.01. The van der Waals surface area contributed by atoms with Gasteiger partial charge in [-0.15, -0.1) is 0 Å². The van der Waals surface area contributed by atoms with E-state index in [1.807, 2.05) is 0 Å². The summed E-state index contributed by atoms with van der Waals surface area (Å²) in [7, 11) is 0. The average Bonchev–Trinajstić information content (AvgIpc) is 2.75. The van der Waals surface area contributed by atoms with Gasteiger partial charge in [0.2, 0.25) is 0 Å². The first-order chi connectivity index (χ1) is 14.1. The lowest BCUT2D eigenvalue weighted by Gasteiger charge is -2.31. The standard InChI is InChI=1S/C21H23N5O3/c1-2-29-21(28)26-11-8-18(9-12-26)25-20(27)16-7-10-23-19(13-16)24-17-5-3-15(14-22)4-6-17/h3-7,10,13,18H,2,8-9,11-12H2,1H3,(H,23,24)(H,25,27). The van der Waals surface area contributed by atoms with Gasteiger partial charge in [-0.05, 0) is 56.2 Å². The number of nitrogens with one attached hydrogen (secondary N) is 2. The summed E-state index contributed by atoms with van der Waals surface area (Å²) in [5, 5.41) is 15.0. The van der Waals surface area contributed by atoms with Gasteiger partial charge in [-0.2, -0.15) is 5.26 Å². The van der Waals surface area contributed by atoms with E-state index >= 15 is 0 Å². The lowest BCUT2D eigenvalue weighted by molar-refractivity contribution is 0.0860. The van der Waals surface area contributed by atoms with E-state index < -0.39 is 0 Å². The van der Waals surface area contributed by atoms with Crippen LogP contribution in [0, 0.1) is 11.3 Å². The molecule has 2 N–H and O–H groups in total. The van der Waals surface area contributed by atoms with Crippen molar-refractivity contribution < 1.29 is 14.3 Å². The summed E-state index contributed by atoms with van der Waals surface area (Å²) in [5.74, 6) is 0.365. The number of hydrogen-bond acceptors (Lipinski definition) is 6. The number of benzene rings is 1. The Kier molecular flexibility index (Phi) is 6.63. The maximum absolute atomic E-state index is 12.6. The molecule has 0 atom stereocenters. The third-order valence-corrected chi connectivity index (χ3v) is 4.66. The molecule has 0 unspecified atom stereocenters. The van der Waals surface area contributed by atoms with Crippen LogP contribution < -0.4 is 10.6 Å². The van der Waals surface area contributed by atoms with Crippen molar-refractivity contribution in [1.82, 2.24) is 15.2 Å². The molecule has 0 radical (unpaired) electrons. The molecule has 1 aromatic carbocycles. The monoisotopic (exact) mass is 393 g/mol. The number of hydrogen-bond donors (Lipinski definition) is 2.